The number of nitrogens with zero attached hydrogens (tertiary/aromatic N) is 2. The van der Waals surface area contributed by atoms with Crippen LogP contribution in [0.25, 0.3) is 5.57 Å². The number of aromatic nitrogens is 1. The van der Waals surface area contributed by atoms with Gasteiger partial charge < -0.3 is 0 Å². The van der Waals surface area contributed by atoms with Crippen LogP contribution in [0.4, 0.5) is 13.2 Å². The molecule has 2 bridgehead atoms. The maximum Gasteiger partial charge on any atom is 0.417 e. The Hall–Kier alpha value is -1.74. The summed E-state index contributed by atoms with van der Waals surface area (Å²) < 4.78 is 65.8. The van der Waals surface area contributed by atoms with Crippen LogP contribution in [0.15, 0.2) is 24.4 Å². The highest BCUT2D eigenvalue weighted by atomic mass is 32.2. The summed E-state index contributed by atoms with van der Waals surface area (Å²) in [6.45, 7) is 4.38. The fourth-order valence-electron chi connectivity index (χ4n) is 5.40. The number of fused-ring (bicyclic) bond motifs is 2. The second kappa shape index (κ2) is 6.88. The number of ketones is 1. The van der Waals surface area contributed by atoms with Crippen LogP contribution in [0.1, 0.15) is 50.8 Å². The second-order valence-electron chi connectivity index (χ2n) is 9.19. The van der Waals surface area contributed by atoms with Gasteiger partial charge in [0, 0.05) is 31.1 Å². The van der Waals surface area contributed by atoms with Gasteiger partial charge in [-0.3, -0.25) is 9.78 Å². The monoisotopic (exact) mass is 442 g/mol. The number of hydrogen-bond acceptors (Lipinski definition) is 4. The Labute approximate surface area is 174 Å². The van der Waals surface area contributed by atoms with Crippen molar-refractivity contribution in [3.05, 3.63) is 35.7 Å². The van der Waals surface area contributed by atoms with E-state index in [1.807, 2.05) is 13.8 Å². The molecule has 5 nitrogen and oxygen atoms in total. The maximum atomic E-state index is 13.2. The minimum atomic E-state index is -4.44. The van der Waals surface area contributed by atoms with Crippen molar-refractivity contribution in [2.45, 2.75) is 45.7 Å². The normalized spacial score (nSPS) is 29.3. The average molecular weight is 443 g/mol. The number of hydrogen-bond donors (Lipinski definition) is 0. The number of sulfonamides is 1. The number of pyridine rings is 1. The molecule has 0 unspecified atom stereocenters. The third kappa shape index (κ3) is 3.30. The van der Waals surface area contributed by atoms with Gasteiger partial charge in [0.05, 0.1) is 17.0 Å². The number of halogens is 3. The van der Waals surface area contributed by atoms with Gasteiger partial charge in [-0.15, -0.1) is 0 Å². The summed E-state index contributed by atoms with van der Waals surface area (Å²) in [6.07, 6.45) is 0.388. The van der Waals surface area contributed by atoms with Crippen LogP contribution in [-0.4, -0.2) is 42.3 Å². The van der Waals surface area contributed by atoms with Gasteiger partial charge in [0.25, 0.3) is 0 Å². The van der Waals surface area contributed by atoms with E-state index in [2.05, 4.69) is 4.98 Å². The molecule has 0 aromatic carbocycles. The molecule has 0 radical (unpaired) electrons. The number of alkyl halides is 3. The molecule has 2 fully saturated rings. The topological polar surface area (TPSA) is 67.3 Å². The quantitative estimate of drug-likeness (QED) is 0.709. The summed E-state index contributed by atoms with van der Waals surface area (Å²) in [6, 6.07) is 2.30. The van der Waals surface area contributed by atoms with Crippen LogP contribution in [0.3, 0.4) is 0 Å². The Balaban J connectivity index is 1.49. The summed E-state index contributed by atoms with van der Waals surface area (Å²) in [5, 5.41) is 0. The van der Waals surface area contributed by atoms with Crippen molar-refractivity contribution in [2.24, 2.45) is 16.7 Å². The van der Waals surface area contributed by atoms with Crippen LogP contribution in [0.2, 0.25) is 0 Å². The van der Waals surface area contributed by atoms with Gasteiger partial charge in [0.2, 0.25) is 10.0 Å². The molecule has 164 valence electrons. The minimum absolute atomic E-state index is 0.0644. The summed E-state index contributed by atoms with van der Waals surface area (Å²) in [7, 11) is -3.65. The van der Waals surface area contributed by atoms with Gasteiger partial charge in [-0.05, 0) is 48.3 Å². The van der Waals surface area contributed by atoms with E-state index in [4.69, 9.17) is 0 Å². The zero-order valence-corrected chi connectivity index (χ0v) is 17.8. The van der Waals surface area contributed by atoms with Gasteiger partial charge in [-0.25, -0.2) is 8.42 Å². The van der Waals surface area contributed by atoms with E-state index < -0.39 is 27.2 Å². The van der Waals surface area contributed by atoms with E-state index in [1.165, 1.54) is 10.4 Å². The first-order valence-electron chi connectivity index (χ1n) is 10.1. The molecular formula is C21H25F3N2O3S. The molecule has 0 saturated heterocycles. The van der Waals surface area contributed by atoms with Crippen molar-refractivity contribution < 1.29 is 26.4 Å². The first-order valence-corrected chi connectivity index (χ1v) is 11.7. The standard InChI is InChI=1S/C21H25F3N2O3S/c1-19(2)15-5-8-20(19,18(27)11-15)13-30(28,29)26-9-6-14(7-10-26)17-4-3-16(12-25-17)21(22,23)24/h3-4,6,12,15H,5,7-11,13H2,1-2H3/t15-,20-/m1/s1. The lowest BCUT2D eigenvalue weighted by atomic mass is 9.70. The van der Waals surface area contributed by atoms with Crippen molar-refractivity contribution in [1.29, 1.82) is 0 Å². The summed E-state index contributed by atoms with van der Waals surface area (Å²) >= 11 is 0. The lowest BCUT2D eigenvalue weighted by molar-refractivity contribution is -0.137. The Morgan fingerprint density at radius 1 is 1.27 bits per heavy atom. The van der Waals surface area contributed by atoms with Gasteiger partial charge in [0.15, 0.2) is 0 Å². The molecule has 1 aromatic heterocycles. The Morgan fingerprint density at radius 3 is 2.47 bits per heavy atom. The fraction of sp³-hybridized carbons (Fsp3) is 0.619. The van der Waals surface area contributed by atoms with Crippen LogP contribution in [0.5, 0.6) is 0 Å². The van der Waals surface area contributed by atoms with Gasteiger partial charge in [0.1, 0.15) is 5.78 Å². The van der Waals surface area contributed by atoms with Gasteiger partial charge in [-0.1, -0.05) is 19.9 Å². The smallest absolute Gasteiger partial charge is 0.299 e. The molecule has 4 rings (SSSR count). The molecule has 9 heteroatoms. The number of carbonyl (C=O) groups excluding carboxylic acids is 1. The zero-order chi connectivity index (χ0) is 21.9. The van der Waals surface area contributed by atoms with Crippen molar-refractivity contribution >= 4 is 21.4 Å². The molecule has 1 aromatic rings. The molecule has 30 heavy (non-hydrogen) atoms. The van der Waals surface area contributed by atoms with Crippen molar-refractivity contribution in [1.82, 2.24) is 9.29 Å². The Morgan fingerprint density at radius 2 is 2.00 bits per heavy atom. The first kappa shape index (κ1) is 21.5. The molecular weight excluding hydrogens is 417 g/mol. The molecule has 0 spiro atoms. The lowest BCUT2D eigenvalue weighted by Gasteiger charge is -2.38. The summed E-state index contributed by atoms with van der Waals surface area (Å²) in [5.74, 6) is 0.151. The van der Waals surface area contributed by atoms with E-state index in [9.17, 15) is 26.4 Å². The Kier molecular flexibility index (Phi) is 4.93. The van der Waals surface area contributed by atoms with Crippen LogP contribution in [-0.2, 0) is 21.0 Å². The SMILES string of the molecule is CC1(C)[C@@H]2CC[C@@]1(CS(=O)(=O)N1CC=C(c3ccc(C(F)(F)F)cn3)CC1)C(=O)C2. The largest absolute Gasteiger partial charge is 0.417 e. The van der Waals surface area contributed by atoms with E-state index in [-0.39, 0.29) is 36.0 Å². The number of rotatable bonds is 4. The molecule has 2 heterocycles. The van der Waals surface area contributed by atoms with Crippen molar-refractivity contribution in [3.63, 3.8) is 0 Å². The van der Waals surface area contributed by atoms with E-state index >= 15 is 0 Å². The molecule has 3 aliphatic rings. The van der Waals surface area contributed by atoms with Gasteiger partial charge in [-0.2, -0.15) is 17.5 Å². The minimum Gasteiger partial charge on any atom is -0.299 e. The van der Waals surface area contributed by atoms with Gasteiger partial charge >= 0.3 is 6.18 Å². The first-order chi connectivity index (χ1) is 13.9. The van der Waals surface area contributed by atoms with Crippen LogP contribution >= 0.6 is 0 Å². The molecule has 2 atom stereocenters. The Bertz CT molecular complexity index is 999. The molecule has 2 aliphatic carbocycles. The lowest BCUT2D eigenvalue weighted by Crippen LogP contribution is -2.47. The van der Waals surface area contributed by atoms with Crippen molar-refractivity contribution in [2.75, 3.05) is 18.8 Å². The highest BCUT2D eigenvalue weighted by Crippen LogP contribution is 2.64. The predicted octanol–water partition coefficient (Wildman–Crippen LogP) is 3.91. The zero-order valence-electron chi connectivity index (χ0n) is 17.0. The predicted molar refractivity (Wildman–Crippen MR) is 106 cm³/mol. The van der Waals surface area contributed by atoms with E-state index in [0.717, 1.165) is 24.3 Å². The third-order valence-corrected chi connectivity index (χ3v) is 9.53. The molecule has 1 aliphatic heterocycles. The fourth-order valence-corrected chi connectivity index (χ4v) is 7.55. The summed E-state index contributed by atoms with van der Waals surface area (Å²) in [4.78, 5) is 16.6. The molecule has 2 saturated carbocycles. The third-order valence-electron chi connectivity index (χ3n) is 7.55. The van der Waals surface area contributed by atoms with Crippen LogP contribution in [0, 0.1) is 16.7 Å². The van der Waals surface area contributed by atoms with E-state index in [1.54, 1.807) is 6.08 Å². The second-order valence-corrected chi connectivity index (χ2v) is 11.2. The molecule has 0 N–H and O–H groups in total. The number of carbonyl (C=O) groups is 1. The van der Waals surface area contributed by atoms with Crippen molar-refractivity contribution in [3.8, 4) is 0 Å². The highest BCUT2D eigenvalue weighted by Gasteiger charge is 2.65. The maximum absolute atomic E-state index is 13.2. The number of Topliss-reactive ketones (excluding diaryl/α,β-unsaturated/α-hetero) is 1. The average Bonchev–Trinajstić information content (AvgIpc) is 3.01. The van der Waals surface area contributed by atoms with E-state index in [0.29, 0.717) is 25.0 Å². The van der Waals surface area contributed by atoms with Crippen LogP contribution < -0.4 is 0 Å². The molecule has 0 amide bonds. The summed E-state index contributed by atoms with van der Waals surface area (Å²) in [5.41, 5.74) is -0.797. The highest BCUT2D eigenvalue weighted by molar-refractivity contribution is 7.89.